The third-order valence-electron chi connectivity index (χ3n) is 3.58. The minimum Gasteiger partial charge on any atom is -0.494 e. The fourth-order valence-electron chi connectivity index (χ4n) is 2.33. The molecule has 0 aliphatic heterocycles. The summed E-state index contributed by atoms with van der Waals surface area (Å²) in [6, 6.07) is 19.8. The van der Waals surface area contributed by atoms with Crippen molar-refractivity contribution < 1.29 is 4.74 Å². The fraction of sp³-hybridized carbons (Fsp3) is 0.158. The maximum Gasteiger partial charge on any atom is 0.138 e. The number of para-hydroxylation sites is 1. The molecule has 0 fully saturated rings. The van der Waals surface area contributed by atoms with E-state index >= 15 is 0 Å². The van der Waals surface area contributed by atoms with Crippen LogP contribution in [-0.4, -0.2) is 23.6 Å². The Bertz CT molecular complexity index is 775. The van der Waals surface area contributed by atoms with Gasteiger partial charge in [0.2, 0.25) is 0 Å². The minimum absolute atomic E-state index is 0.661. The maximum atomic E-state index is 5.45. The van der Waals surface area contributed by atoms with Gasteiger partial charge in [0, 0.05) is 24.5 Å². The van der Waals surface area contributed by atoms with Gasteiger partial charge in [0.05, 0.1) is 6.61 Å². The number of nitrogens with zero attached hydrogens (tertiary/aromatic N) is 3. The first-order valence-corrected chi connectivity index (χ1v) is 7.87. The van der Waals surface area contributed by atoms with Gasteiger partial charge in [0.15, 0.2) is 0 Å². The van der Waals surface area contributed by atoms with Crippen molar-refractivity contribution in [3.8, 4) is 5.75 Å². The minimum atomic E-state index is 0.661. The molecule has 0 spiro atoms. The van der Waals surface area contributed by atoms with Crippen LogP contribution in [0.2, 0.25) is 0 Å². The molecule has 3 aromatic rings. The molecule has 0 atom stereocenters. The summed E-state index contributed by atoms with van der Waals surface area (Å²) in [6.07, 6.45) is 1.56. The van der Waals surface area contributed by atoms with E-state index in [0.717, 1.165) is 28.8 Å². The van der Waals surface area contributed by atoms with Crippen molar-refractivity contribution in [2.45, 2.75) is 6.92 Å². The lowest BCUT2D eigenvalue weighted by molar-refractivity contribution is 0.340. The summed E-state index contributed by atoms with van der Waals surface area (Å²) in [4.78, 5) is 10.7. The standard InChI is InChI=1S/C19H20N4O/c1-3-24-17-11-9-15(10-12-17)22-18-13-19(21-14-20-18)23(2)16-7-5-4-6-8-16/h4-14H,3H2,1-2H3,(H,20,21,22). The Hall–Kier alpha value is -3.08. The number of hydrogen-bond acceptors (Lipinski definition) is 5. The van der Waals surface area contributed by atoms with Crippen molar-refractivity contribution in [3.05, 3.63) is 67.0 Å². The first-order valence-electron chi connectivity index (χ1n) is 7.87. The molecule has 122 valence electrons. The Morgan fingerprint density at radius 2 is 1.75 bits per heavy atom. The van der Waals surface area contributed by atoms with Gasteiger partial charge < -0.3 is 15.0 Å². The largest absolute Gasteiger partial charge is 0.494 e. The molecule has 1 N–H and O–H groups in total. The number of anilines is 4. The van der Waals surface area contributed by atoms with E-state index in [1.807, 2.05) is 79.5 Å². The van der Waals surface area contributed by atoms with Crippen LogP contribution in [0.1, 0.15) is 6.92 Å². The predicted octanol–water partition coefficient (Wildman–Crippen LogP) is 4.39. The Labute approximate surface area is 142 Å². The molecule has 2 aromatic carbocycles. The van der Waals surface area contributed by atoms with Crippen LogP contribution in [0.4, 0.5) is 23.0 Å². The van der Waals surface area contributed by atoms with Crippen molar-refractivity contribution in [1.29, 1.82) is 0 Å². The van der Waals surface area contributed by atoms with Crippen LogP contribution in [0.3, 0.4) is 0 Å². The van der Waals surface area contributed by atoms with Crippen LogP contribution in [0.25, 0.3) is 0 Å². The maximum absolute atomic E-state index is 5.45. The number of ether oxygens (including phenoxy) is 1. The van der Waals surface area contributed by atoms with E-state index in [2.05, 4.69) is 15.3 Å². The Morgan fingerprint density at radius 3 is 2.46 bits per heavy atom. The normalized spacial score (nSPS) is 10.2. The molecule has 0 saturated carbocycles. The van der Waals surface area contributed by atoms with E-state index in [1.165, 1.54) is 0 Å². The van der Waals surface area contributed by atoms with E-state index in [4.69, 9.17) is 4.74 Å². The molecule has 3 rings (SSSR count). The summed E-state index contributed by atoms with van der Waals surface area (Å²) in [5, 5.41) is 3.29. The molecule has 0 amide bonds. The highest BCUT2D eigenvalue weighted by Crippen LogP contribution is 2.24. The van der Waals surface area contributed by atoms with E-state index in [-0.39, 0.29) is 0 Å². The summed E-state index contributed by atoms with van der Waals surface area (Å²) in [5.41, 5.74) is 2.02. The van der Waals surface area contributed by atoms with Crippen molar-refractivity contribution in [2.75, 3.05) is 23.9 Å². The van der Waals surface area contributed by atoms with Crippen LogP contribution >= 0.6 is 0 Å². The van der Waals surface area contributed by atoms with Gasteiger partial charge in [-0.25, -0.2) is 9.97 Å². The van der Waals surface area contributed by atoms with Gasteiger partial charge in [0.1, 0.15) is 23.7 Å². The smallest absolute Gasteiger partial charge is 0.138 e. The molecule has 1 aromatic heterocycles. The van der Waals surface area contributed by atoms with E-state index in [1.54, 1.807) is 6.33 Å². The fourth-order valence-corrected chi connectivity index (χ4v) is 2.33. The lowest BCUT2D eigenvalue weighted by Gasteiger charge is -2.18. The third-order valence-corrected chi connectivity index (χ3v) is 3.58. The highest BCUT2D eigenvalue weighted by Gasteiger charge is 2.06. The molecular weight excluding hydrogens is 300 g/mol. The van der Waals surface area contributed by atoms with Gasteiger partial charge in [-0.05, 0) is 43.3 Å². The van der Waals surface area contributed by atoms with Crippen molar-refractivity contribution >= 4 is 23.0 Å². The number of rotatable bonds is 6. The Morgan fingerprint density at radius 1 is 1.00 bits per heavy atom. The van der Waals surface area contributed by atoms with Gasteiger partial charge in [0.25, 0.3) is 0 Å². The summed E-state index contributed by atoms with van der Waals surface area (Å²) in [6.45, 7) is 2.63. The van der Waals surface area contributed by atoms with Crippen molar-refractivity contribution in [1.82, 2.24) is 9.97 Å². The number of nitrogens with one attached hydrogen (secondary N) is 1. The molecule has 0 bridgehead atoms. The molecule has 24 heavy (non-hydrogen) atoms. The van der Waals surface area contributed by atoms with Gasteiger partial charge in [-0.15, -0.1) is 0 Å². The molecule has 5 nitrogen and oxygen atoms in total. The molecule has 0 unspecified atom stereocenters. The second-order valence-corrected chi connectivity index (χ2v) is 5.24. The zero-order chi connectivity index (χ0) is 16.8. The lowest BCUT2D eigenvalue weighted by Crippen LogP contribution is -2.11. The van der Waals surface area contributed by atoms with E-state index in [0.29, 0.717) is 6.61 Å². The quantitative estimate of drug-likeness (QED) is 0.730. The van der Waals surface area contributed by atoms with Crippen LogP contribution < -0.4 is 15.0 Å². The molecular formula is C19H20N4O. The second kappa shape index (κ2) is 7.46. The summed E-state index contributed by atoms with van der Waals surface area (Å²) < 4.78 is 5.45. The summed E-state index contributed by atoms with van der Waals surface area (Å²) in [7, 11) is 1.98. The van der Waals surface area contributed by atoms with Crippen LogP contribution in [-0.2, 0) is 0 Å². The Kier molecular flexibility index (Phi) is 4.91. The lowest BCUT2D eigenvalue weighted by atomic mass is 10.3. The average Bonchev–Trinajstić information content (AvgIpc) is 2.64. The summed E-state index contributed by atoms with van der Waals surface area (Å²) >= 11 is 0. The van der Waals surface area contributed by atoms with E-state index in [9.17, 15) is 0 Å². The monoisotopic (exact) mass is 320 g/mol. The Balaban J connectivity index is 1.75. The third kappa shape index (κ3) is 3.81. The average molecular weight is 320 g/mol. The zero-order valence-corrected chi connectivity index (χ0v) is 13.8. The SMILES string of the molecule is CCOc1ccc(Nc2cc(N(C)c3ccccc3)ncn2)cc1. The van der Waals surface area contributed by atoms with Crippen LogP contribution in [0.5, 0.6) is 5.75 Å². The molecule has 5 heteroatoms. The van der Waals surface area contributed by atoms with Crippen molar-refractivity contribution in [3.63, 3.8) is 0 Å². The topological polar surface area (TPSA) is 50.3 Å². The molecule has 0 aliphatic carbocycles. The number of aromatic nitrogens is 2. The first-order chi connectivity index (χ1) is 11.8. The van der Waals surface area contributed by atoms with Crippen molar-refractivity contribution in [2.24, 2.45) is 0 Å². The number of benzene rings is 2. The van der Waals surface area contributed by atoms with Gasteiger partial charge in [-0.3, -0.25) is 0 Å². The first kappa shape index (κ1) is 15.8. The van der Waals surface area contributed by atoms with Crippen LogP contribution in [0.15, 0.2) is 67.0 Å². The molecule has 0 radical (unpaired) electrons. The predicted molar refractivity (Wildman–Crippen MR) is 97.4 cm³/mol. The van der Waals surface area contributed by atoms with E-state index < -0.39 is 0 Å². The highest BCUT2D eigenvalue weighted by molar-refractivity contribution is 5.64. The zero-order valence-electron chi connectivity index (χ0n) is 13.8. The second-order valence-electron chi connectivity index (χ2n) is 5.24. The highest BCUT2D eigenvalue weighted by atomic mass is 16.5. The molecule has 0 aliphatic rings. The van der Waals surface area contributed by atoms with Gasteiger partial charge in [-0.1, -0.05) is 18.2 Å². The molecule has 1 heterocycles. The van der Waals surface area contributed by atoms with Crippen LogP contribution in [0, 0.1) is 0 Å². The molecule has 0 saturated heterocycles. The van der Waals surface area contributed by atoms with Gasteiger partial charge >= 0.3 is 0 Å². The van der Waals surface area contributed by atoms with Gasteiger partial charge in [-0.2, -0.15) is 0 Å². The summed E-state index contributed by atoms with van der Waals surface area (Å²) in [5.74, 6) is 2.42. The number of hydrogen-bond donors (Lipinski definition) is 1.